The predicted molar refractivity (Wildman–Crippen MR) is 33.1 cm³/mol. The maximum absolute atomic E-state index is 10.1. The van der Waals surface area contributed by atoms with E-state index in [1.807, 2.05) is 0 Å². The fraction of sp³-hybridized carbons (Fsp3) is 0.833. The molecular formula is C6H12O3. The van der Waals surface area contributed by atoms with Crippen LogP contribution in [0.2, 0.25) is 0 Å². The molecule has 0 saturated heterocycles. The number of carbonyl (C=O) groups is 1. The van der Waals surface area contributed by atoms with E-state index in [4.69, 9.17) is 10.2 Å². The lowest BCUT2D eigenvalue weighted by atomic mass is 10.1. The lowest BCUT2D eigenvalue weighted by molar-refractivity contribution is -0.141. The molecule has 0 aromatic rings. The van der Waals surface area contributed by atoms with Crippen LogP contribution in [0.3, 0.4) is 0 Å². The molecule has 0 radical (unpaired) electrons. The Labute approximate surface area is 54.3 Å². The highest BCUT2D eigenvalue weighted by Gasteiger charge is 2.08. The summed E-state index contributed by atoms with van der Waals surface area (Å²) in [4.78, 5) is 10.1. The molecule has 3 heteroatoms. The lowest BCUT2D eigenvalue weighted by Crippen LogP contribution is -2.09. The maximum Gasteiger partial charge on any atom is 0.306 e. The van der Waals surface area contributed by atoms with Gasteiger partial charge in [0.2, 0.25) is 0 Å². The SMILES string of the molecule is CC(CCCO)C(=O)O. The molecule has 0 aliphatic rings. The Morgan fingerprint density at radius 1 is 1.67 bits per heavy atom. The number of carboxylic acids is 1. The van der Waals surface area contributed by atoms with Crippen LogP contribution in [-0.4, -0.2) is 22.8 Å². The van der Waals surface area contributed by atoms with Gasteiger partial charge in [0.1, 0.15) is 0 Å². The zero-order valence-electron chi connectivity index (χ0n) is 5.50. The van der Waals surface area contributed by atoms with Crippen molar-refractivity contribution in [3.05, 3.63) is 0 Å². The molecule has 0 rings (SSSR count). The number of aliphatic carboxylic acids is 1. The summed E-state index contributed by atoms with van der Waals surface area (Å²) >= 11 is 0. The molecule has 1 atom stereocenters. The molecule has 3 nitrogen and oxygen atoms in total. The zero-order chi connectivity index (χ0) is 7.28. The number of hydrogen-bond acceptors (Lipinski definition) is 2. The van der Waals surface area contributed by atoms with Crippen LogP contribution in [0.4, 0.5) is 0 Å². The summed E-state index contributed by atoms with van der Waals surface area (Å²) in [6.07, 6.45) is 1.14. The minimum atomic E-state index is -0.788. The second kappa shape index (κ2) is 4.32. The Hall–Kier alpha value is -0.570. The van der Waals surface area contributed by atoms with E-state index in [1.165, 1.54) is 0 Å². The van der Waals surface area contributed by atoms with Crippen LogP contribution >= 0.6 is 0 Å². The maximum atomic E-state index is 10.1. The van der Waals surface area contributed by atoms with Crippen molar-refractivity contribution >= 4 is 5.97 Å². The molecule has 0 fully saturated rings. The summed E-state index contributed by atoms with van der Waals surface area (Å²) < 4.78 is 0. The van der Waals surface area contributed by atoms with Gasteiger partial charge in [-0.3, -0.25) is 4.79 Å². The molecule has 0 saturated carbocycles. The first-order valence-electron chi connectivity index (χ1n) is 3.02. The number of hydrogen-bond donors (Lipinski definition) is 2. The smallest absolute Gasteiger partial charge is 0.306 e. The van der Waals surface area contributed by atoms with Gasteiger partial charge < -0.3 is 10.2 Å². The van der Waals surface area contributed by atoms with Crippen molar-refractivity contribution in [1.82, 2.24) is 0 Å². The predicted octanol–water partition coefficient (Wildman–Crippen LogP) is 0.480. The quantitative estimate of drug-likeness (QED) is 0.585. The van der Waals surface area contributed by atoms with Crippen LogP contribution in [0.25, 0.3) is 0 Å². The third-order valence-corrected chi connectivity index (χ3v) is 1.22. The van der Waals surface area contributed by atoms with E-state index in [0.717, 1.165) is 0 Å². The molecule has 9 heavy (non-hydrogen) atoms. The Morgan fingerprint density at radius 3 is 2.56 bits per heavy atom. The third-order valence-electron chi connectivity index (χ3n) is 1.22. The highest BCUT2D eigenvalue weighted by Crippen LogP contribution is 2.03. The Morgan fingerprint density at radius 2 is 2.22 bits per heavy atom. The van der Waals surface area contributed by atoms with Crippen LogP contribution in [0.5, 0.6) is 0 Å². The van der Waals surface area contributed by atoms with E-state index in [1.54, 1.807) is 6.92 Å². The Kier molecular flexibility index (Phi) is 4.05. The van der Waals surface area contributed by atoms with E-state index in [0.29, 0.717) is 12.8 Å². The van der Waals surface area contributed by atoms with Crippen molar-refractivity contribution in [3.63, 3.8) is 0 Å². The van der Waals surface area contributed by atoms with Gasteiger partial charge in [0.25, 0.3) is 0 Å². The monoisotopic (exact) mass is 132 g/mol. The molecule has 1 unspecified atom stereocenters. The van der Waals surface area contributed by atoms with Gasteiger partial charge in [-0.25, -0.2) is 0 Å². The van der Waals surface area contributed by atoms with Crippen molar-refractivity contribution in [2.75, 3.05) is 6.61 Å². The zero-order valence-corrected chi connectivity index (χ0v) is 5.50. The largest absolute Gasteiger partial charge is 0.481 e. The van der Waals surface area contributed by atoms with Crippen LogP contribution in [0.1, 0.15) is 19.8 Å². The van der Waals surface area contributed by atoms with Gasteiger partial charge in [-0.05, 0) is 12.8 Å². The summed E-state index contributed by atoms with van der Waals surface area (Å²) in [5.41, 5.74) is 0. The molecule has 2 N–H and O–H groups in total. The molecular weight excluding hydrogens is 120 g/mol. The lowest BCUT2D eigenvalue weighted by Gasteiger charge is -2.01. The summed E-state index contributed by atoms with van der Waals surface area (Å²) in [6, 6.07) is 0. The van der Waals surface area contributed by atoms with Crippen molar-refractivity contribution in [2.24, 2.45) is 5.92 Å². The first-order chi connectivity index (χ1) is 4.18. The van der Waals surface area contributed by atoms with Crippen molar-refractivity contribution in [3.8, 4) is 0 Å². The summed E-state index contributed by atoms with van der Waals surface area (Å²) in [7, 11) is 0. The van der Waals surface area contributed by atoms with Gasteiger partial charge in [0.15, 0.2) is 0 Å². The molecule has 0 heterocycles. The second-order valence-electron chi connectivity index (χ2n) is 2.11. The van der Waals surface area contributed by atoms with Gasteiger partial charge in [-0.2, -0.15) is 0 Å². The molecule has 0 aromatic carbocycles. The van der Waals surface area contributed by atoms with Gasteiger partial charge in [-0.1, -0.05) is 6.92 Å². The summed E-state index contributed by atoms with van der Waals surface area (Å²) in [5.74, 6) is -1.11. The van der Waals surface area contributed by atoms with Gasteiger partial charge in [-0.15, -0.1) is 0 Å². The summed E-state index contributed by atoms with van der Waals surface area (Å²) in [5, 5.41) is 16.6. The number of rotatable bonds is 4. The highest BCUT2D eigenvalue weighted by molar-refractivity contribution is 5.69. The normalized spacial score (nSPS) is 13.1. The number of carboxylic acid groups (broad SMARTS) is 1. The number of aliphatic hydroxyl groups is 1. The fourth-order valence-electron chi connectivity index (χ4n) is 0.521. The average Bonchev–Trinajstić information content (AvgIpc) is 1.82. The van der Waals surface area contributed by atoms with Crippen molar-refractivity contribution in [2.45, 2.75) is 19.8 Å². The van der Waals surface area contributed by atoms with Gasteiger partial charge >= 0.3 is 5.97 Å². The van der Waals surface area contributed by atoms with E-state index in [-0.39, 0.29) is 12.5 Å². The van der Waals surface area contributed by atoms with E-state index in [2.05, 4.69) is 0 Å². The van der Waals surface area contributed by atoms with Crippen LogP contribution in [-0.2, 0) is 4.79 Å². The minimum absolute atomic E-state index is 0.0810. The van der Waals surface area contributed by atoms with Crippen LogP contribution < -0.4 is 0 Å². The first kappa shape index (κ1) is 8.43. The first-order valence-corrected chi connectivity index (χ1v) is 3.02. The highest BCUT2D eigenvalue weighted by atomic mass is 16.4. The van der Waals surface area contributed by atoms with Gasteiger partial charge in [0.05, 0.1) is 5.92 Å². The van der Waals surface area contributed by atoms with Crippen molar-refractivity contribution in [1.29, 1.82) is 0 Å². The minimum Gasteiger partial charge on any atom is -0.481 e. The number of aliphatic hydroxyl groups excluding tert-OH is 1. The molecule has 0 spiro atoms. The molecule has 0 aliphatic carbocycles. The van der Waals surface area contributed by atoms with Crippen molar-refractivity contribution < 1.29 is 15.0 Å². The Balaban J connectivity index is 3.27. The average molecular weight is 132 g/mol. The molecule has 0 aliphatic heterocycles. The molecule has 54 valence electrons. The third kappa shape index (κ3) is 3.97. The van der Waals surface area contributed by atoms with E-state index < -0.39 is 5.97 Å². The standard InChI is InChI=1S/C6H12O3/c1-5(6(8)9)3-2-4-7/h5,7H,2-4H2,1H3,(H,8,9). The van der Waals surface area contributed by atoms with E-state index >= 15 is 0 Å². The summed E-state index contributed by atoms with van der Waals surface area (Å²) in [6.45, 7) is 1.72. The molecule has 0 bridgehead atoms. The molecule has 0 amide bonds. The van der Waals surface area contributed by atoms with Gasteiger partial charge in [0, 0.05) is 6.61 Å². The Bertz CT molecular complexity index is 90.3. The van der Waals surface area contributed by atoms with Crippen LogP contribution in [0, 0.1) is 5.92 Å². The topological polar surface area (TPSA) is 57.5 Å². The second-order valence-corrected chi connectivity index (χ2v) is 2.11. The van der Waals surface area contributed by atoms with E-state index in [9.17, 15) is 4.79 Å². The molecule has 0 aromatic heterocycles. The fourth-order valence-corrected chi connectivity index (χ4v) is 0.521. The van der Waals surface area contributed by atoms with Crippen LogP contribution in [0.15, 0.2) is 0 Å².